The molecular weight excluding hydrogens is 267 g/mol. The van der Waals surface area contributed by atoms with Gasteiger partial charge in [-0.1, -0.05) is 17.7 Å². The molecular formula is C14H12ClFN2O. The Balaban J connectivity index is 2.28. The van der Waals surface area contributed by atoms with E-state index in [9.17, 15) is 9.18 Å². The molecule has 0 unspecified atom stereocenters. The Bertz CT molecular complexity index is 623. The van der Waals surface area contributed by atoms with Crippen LogP contribution in [0.1, 0.15) is 21.6 Å². The Morgan fingerprint density at radius 3 is 2.68 bits per heavy atom. The van der Waals surface area contributed by atoms with Gasteiger partial charge in [-0.15, -0.1) is 0 Å². The number of carbonyl (C=O) groups is 1. The Morgan fingerprint density at radius 2 is 2.00 bits per heavy atom. The summed E-state index contributed by atoms with van der Waals surface area (Å²) < 4.78 is 13.6. The van der Waals surface area contributed by atoms with Gasteiger partial charge < -0.3 is 5.32 Å². The van der Waals surface area contributed by atoms with Crippen LogP contribution in [0.25, 0.3) is 0 Å². The average molecular weight is 279 g/mol. The SMILES string of the molecule is Cc1ccc(F)c(NC(=O)c2cc(C)nc(Cl)c2)c1. The highest BCUT2D eigenvalue weighted by Gasteiger charge is 2.11. The van der Waals surface area contributed by atoms with Crippen molar-refractivity contribution in [3.63, 3.8) is 0 Å². The second kappa shape index (κ2) is 5.36. The van der Waals surface area contributed by atoms with Gasteiger partial charge in [-0.05, 0) is 43.7 Å². The van der Waals surface area contributed by atoms with Crippen LogP contribution >= 0.6 is 11.6 Å². The zero-order valence-corrected chi connectivity index (χ0v) is 11.3. The monoisotopic (exact) mass is 278 g/mol. The second-order valence-corrected chi connectivity index (χ2v) is 4.64. The van der Waals surface area contributed by atoms with Crippen LogP contribution in [0, 0.1) is 19.7 Å². The lowest BCUT2D eigenvalue weighted by Gasteiger charge is -2.08. The van der Waals surface area contributed by atoms with Crippen molar-refractivity contribution in [1.29, 1.82) is 0 Å². The van der Waals surface area contributed by atoms with Crippen molar-refractivity contribution >= 4 is 23.2 Å². The number of nitrogens with zero attached hydrogens (tertiary/aromatic N) is 1. The molecule has 1 N–H and O–H groups in total. The summed E-state index contributed by atoms with van der Waals surface area (Å²) in [5.74, 6) is -0.896. The molecule has 1 heterocycles. The predicted octanol–water partition coefficient (Wildman–Crippen LogP) is 3.74. The van der Waals surface area contributed by atoms with Crippen molar-refractivity contribution < 1.29 is 9.18 Å². The van der Waals surface area contributed by atoms with Gasteiger partial charge in [-0.3, -0.25) is 4.79 Å². The first-order chi connectivity index (χ1) is 8.95. The van der Waals surface area contributed by atoms with E-state index in [1.54, 1.807) is 25.1 Å². The first-order valence-corrected chi connectivity index (χ1v) is 6.05. The standard InChI is InChI=1S/C14H12ClFN2O/c1-8-3-4-11(16)12(5-8)18-14(19)10-6-9(2)17-13(15)7-10/h3-7H,1-2H3,(H,18,19). The number of anilines is 1. The lowest BCUT2D eigenvalue weighted by Crippen LogP contribution is -2.13. The molecule has 0 saturated heterocycles. The zero-order chi connectivity index (χ0) is 14.0. The molecule has 0 fully saturated rings. The van der Waals surface area contributed by atoms with E-state index in [4.69, 9.17) is 11.6 Å². The maximum Gasteiger partial charge on any atom is 0.255 e. The van der Waals surface area contributed by atoms with E-state index in [0.29, 0.717) is 11.3 Å². The number of carbonyl (C=O) groups excluding carboxylic acids is 1. The number of rotatable bonds is 2. The molecule has 0 bridgehead atoms. The summed E-state index contributed by atoms with van der Waals surface area (Å²) in [7, 11) is 0. The first-order valence-electron chi connectivity index (χ1n) is 5.67. The predicted molar refractivity (Wildman–Crippen MR) is 73.1 cm³/mol. The van der Waals surface area contributed by atoms with E-state index in [1.165, 1.54) is 12.1 Å². The minimum atomic E-state index is -0.476. The van der Waals surface area contributed by atoms with Gasteiger partial charge in [0.15, 0.2) is 0 Å². The number of hydrogen-bond donors (Lipinski definition) is 1. The molecule has 3 nitrogen and oxygen atoms in total. The lowest BCUT2D eigenvalue weighted by molar-refractivity contribution is 0.102. The summed E-state index contributed by atoms with van der Waals surface area (Å²) in [6, 6.07) is 7.56. The largest absolute Gasteiger partial charge is 0.319 e. The molecule has 0 radical (unpaired) electrons. The highest BCUT2D eigenvalue weighted by atomic mass is 35.5. The Hall–Kier alpha value is -1.94. The van der Waals surface area contributed by atoms with Crippen molar-refractivity contribution in [3.8, 4) is 0 Å². The average Bonchev–Trinajstić information content (AvgIpc) is 2.32. The minimum absolute atomic E-state index is 0.149. The fraction of sp³-hybridized carbons (Fsp3) is 0.143. The van der Waals surface area contributed by atoms with Crippen molar-refractivity contribution in [2.24, 2.45) is 0 Å². The number of halogens is 2. The van der Waals surface area contributed by atoms with Gasteiger partial charge in [0.05, 0.1) is 5.69 Å². The number of aryl methyl sites for hydroxylation is 2. The van der Waals surface area contributed by atoms with Gasteiger partial charge in [0.25, 0.3) is 5.91 Å². The third-order valence-corrected chi connectivity index (χ3v) is 2.75. The fourth-order valence-corrected chi connectivity index (χ4v) is 1.94. The van der Waals surface area contributed by atoms with Crippen LogP contribution < -0.4 is 5.32 Å². The van der Waals surface area contributed by atoms with Crippen LogP contribution in [0.4, 0.5) is 10.1 Å². The van der Waals surface area contributed by atoms with Crippen molar-refractivity contribution in [3.05, 3.63) is 58.1 Å². The Kier molecular flexibility index (Phi) is 3.81. The summed E-state index contributed by atoms with van der Waals surface area (Å²) in [6.45, 7) is 3.55. The molecule has 1 aromatic heterocycles. The minimum Gasteiger partial charge on any atom is -0.319 e. The molecule has 0 aliphatic heterocycles. The summed E-state index contributed by atoms with van der Waals surface area (Å²) in [5, 5.41) is 2.75. The van der Waals surface area contributed by atoms with E-state index >= 15 is 0 Å². The molecule has 0 aliphatic rings. The highest BCUT2D eigenvalue weighted by Crippen LogP contribution is 2.18. The van der Waals surface area contributed by atoms with Crippen molar-refractivity contribution in [2.75, 3.05) is 5.32 Å². The topological polar surface area (TPSA) is 42.0 Å². The molecule has 1 aromatic carbocycles. The van der Waals surface area contributed by atoms with E-state index in [0.717, 1.165) is 5.56 Å². The third-order valence-electron chi connectivity index (χ3n) is 2.55. The van der Waals surface area contributed by atoms with Crippen LogP contribution in [0.5, 0.6) is 0 Å². The highest BCUT2D eigenvalue weighted by molar-refractivity contribution is 6.29. The number of hydrogen-bond acceptors (Lipinski definition) is 2. The van der Waals surface area contributed by atoms with Crippen LogP contribution in [0.15, 0.2) is 30.3 Å². The molecule has 0 saturated carbocycles. The van der Waals surface area contributed by atoms with E-state index in [2.05, 4.69) is 10.3 Å². The summed E-state index contributed by atoms with van der Waals surface area (Å²) in [5.41, 5.74) is 1.98. The van der Waals surface area contributed by atoms with E-state index in [1.807, 2.05) is 6.92 Å². The molecule has 0 atom stereocenters. The van der Waals surface area contributed by atoms with Gasteiger partial charge in [-0.2, -0.15) is 0 Å². The Labute approximate surface area is 115 Å². The van der Waals surface area contributed by atoms with E-state index in [-0.39, 0.29) is 10.8 Å². The number of amides is 1. The molecule has 1 amide bonds. The number of nitrogens with one attached hydrogen (secondary N) is 1. The van der Waals surface area contributed by atoms with Crippen LogP contribution in [-0.2, 0) is 0 Å². The summed E-state index contributed by atoms with van der Waals surface area (Å²) in [4.78, 5) is 16.0. The molecule has 2 aromatic rings. The number of benzene rings is 1. The second-order valence-electron chi connectivity index (χ2n) is 4.26. The zero-order valence-electron chi connectivity index (χ0n) is 10.5. The lowest BCUT2D eigenvalue weighted by atomic mass is 10.2. The summed E-state index contributed by atoms with van der Waals surface area (Å²) >= 11 is 5.79. The number of aromatic nitrogens is 1. The van der Waals surface area contributed by atoms with E-state index < -0.39 is 11.7 Å². The fourth-order valence-electron chi connectivity index (χ4n) is 1.69. The van der Waals surface area contributed by atoms with Gasteiger partial charge in [0.1, 0.15) is 11.0 Å². The third kappa shape index (κ3) is 3.29. The molecule has 19 heavy (non-hydrogen) atoms. The summed E-state index contributed by atoms with van der Waals surface area (Å²) in [6.07, 6.45) is 0. The molecule has 2 rings (SSSR count). The molecule has 0 aliphatic carbocycles. The van der Waals surface area contributed by atoms with Crippen LogP contribution in [0.2, 0.25) is 5.15 Å². The molecule has 0 spiro atoms. The van der Waals surface area contributed by atoms with Gasteiger partial charge in [0.2, 0.25) is 0 Å². The maximum absolute atomic E-state index is 13.6. The molecule has 98 valence electrons. The Morgan fingerprint density at radius 1 is 1.26 bits per heavy atom. The molecule has 5 heteroatoms. The maximum atomic E-state index is 13.6. The van der Waals surface area contributed by atoms with Gasteiger partial charge in [-0.25, -0.2) is 9.37 Å². The first kappa shape index (κ1) is 13.5. The quantitative estimate of drug-likeness (QED) is 0.850. The van der Waals surface area contributed by atoms with Gasteiger partial charge in [0, 0.05) is 11.3 Å². The smallest absolute Gasteiger partial charge is 0.255 e. The number of pyridine rings is 1. The normalized spacial score (nSPS) is 10.3. The van der Waals surface area contributed by atoms with Crippen molar-refractivity contribution in [2.45, 2.75) is 13.8 Å². The van der Waals surface area contributed by atoms with Gasteiger partial charge >= 0.3 is 0 Å². The van der Waals surface area contributed by atoms with Crippen LogP contribution in [0.3, 0.4) is 0 Å². The van der Waals surface area contributed by atoms with Crippen LogP contribution in [-0.4, -0.2) is 10.9 Å². The van der Waals surface area contributed by atoms with Crippen molar-refractivity contribution in [1.82, 2.24) is 4.98 Å².